The van der Waals surface area contributed by atoms with Crippen LogP contribution in [0, 0.1) is 12.7 Å². The van der Waals surface area contributed by atoms with Gasteiger partial charge in [-0.2, -0.15) is 0 Å². The van der Waals surface area contributed by atoms with Crippen LogP contribution in [0.15, 0.2) is 53.2 Å². The number of carbonyl (C=O) groups is 1. The van der Waals surface area contributed by atoms with Crippen molar-refractivity contribution in [1.82, 2.24) is 10.1 Å². The molecule has 0 unspecified atom stereocenters. The largest absolute Gasteiger partial charge is 0.365 e. The zero-order chi connectivity index (χ0) is 17.6. The minimum atomic E-state index is -0.319. The maximum atomic E-state index is 12.9. The minimum Gasteiger partial charge on any atom is -0.365 e. The molecule has 0 aliphatic heterocycles. The zero-order valence-electron chi connectivity index (χ0n) is 13.5. The molecule has 2 aromatic heterocycles. The van der Waals surface area contributed by atoms with E-state index in [0.29, 0.717) is 22.8 Å². The number of hydrogen-bond donors (Lipinski definition) is 1. The number of benzene rings is 1. The first-order valence-electron chi connectivity index (χ1n) is 7.62. The van der Waals surface area contributed by atoms with Gasteiger partial charge in [-0.25, -0.2) is 9.37 Å². The number of amides is 1. The van der Waals surface area contributed by atoms with Crippen molar-refractivity contribution in [2.75, 3.05) is 11.9 Å². The van der Waals surface area contributed by atoms with Gasteiger partial charge in [0.2, 0.25) is 0 Å². The van der Waals surface area contributed by atoms with Crippen molar-refractivity contribution < 1.29 is 18.4 Å². The number of anilines is 1. The molecule has 0 saturated carbocycles. The molecule has 0 saturated heterocycles. The predicted octanol–water partition coefficient (Wildman–Crippen LogP) is 3.34. The summed E-state index contributed by atoms with van der Waals surface area (Å²) in [6, 6.07) is 11.2. The number of hydrogen-bond acceptors (Lipinski definition) is 5. The summed E-state index contributed by atoms with van der Waals surface area (Å²) in [5, 5.41) is 6.52. The summed E-state index contributed by atoms with van der Waals surface area (Å²) in [4.78, 5) is 15.9. The maximum absolute atomic E-state index is 12.9. The van der Waals surface area contributed by atoms with Gasteiger partial charge >= 0.3 is 0 Å². The SMILES string of the molecule is Cc1ccnc(NC(=O)COCc2cc(-c3ccc(F)cc3)on2)c1. The first kappa shape index (κ1) is 16.8. The molecule has 1 amide bonds. The molecule has 0 radical (unpaired) electrons. The molecule has 6 nitrogen and oxygen atoms in total. The second-order valence-electron chi connectivity index (χ2n) is 5.45. The van der Waals surface area contributed by atoms with E-state index < -0.39 is 0 Å². The molecule has 0 atom stereocenters. The molecule has 3 rings (SSSR count). The number of carbonyl (C=O) groups excluding carboxylic acids is 1. The lowest BCUT2D eigenvalue weighted by Crippen LogP contribution is -2.19. The molecule has 3 aromatic rings. The van der Waals surface area contributed by atoms with E-state index in [9.17, 15) is 9.18 Å². The Labute approximate surface area is 143 Å². The normalized spacial score (nSPS) is 10.6. The summed E-state index contributed by atoms with van der Waals surface area (Å²) < 4.78 is 23.4. The minimum absolute atomic E-state index is 0.124. The number of aromatic nitrogens is 2. The van der Waals surface area contributed by atoms with Gasteiger partial charge in [-0.1, -0.05) is 5.16 Å². The number of ether oxygens (including phenoxy) is 1. The van der Waals surface area contributed by atoms with Crippen molar-refractivity contribution in [2.24, 2.45) is 0 Å². The summed E-state index contributed by atoms with van der Waals surface area (Å²) >= 11 is 0. The van der Waals surface area contributed by atoms with Gasteiger partial charge < -0.3 is 14.6 Å². The molecule has 2 heterocycles. The molecule has 0 spiro atoms. The van der Waals surface area contributed by atoms with Crippen molar-refractivity contribution in [3.63, 3.8) is 0 Å². The average Bonchev–Trinajstić information content (AvgIpc) is 3.04. The zero-order valence-corrected chi connectivity index (χ0v) is 13.5. The van der Waals surface area contributed by atoms with Gasteiger partial charge in [-0.3, -0.25) is 4.79 Å². The lowest BCUT2D eigenvalue weighted by molar-refractivity contribution is -0.121. The third-order valence-electron chi connectivity index (χ3n) is 3.35. The third kappa shape index (κ3) is 4.71. The van der Waals surface area contributed by atoms with Crippen LogP contribution in [-0.2, 0) is 16.1 Å². The first-order valence-corrected chi connectivity index (χ1v) is 7.62. The molecule has 0 bridgehead atoms. The summed E-state index contributed by atoms with van der Waals surface area (Å²) in [6.07, 6.45) is 1.62. The standard InChI is InChI=1S/C18H16FN3O3/c1-12-6-7-20-17(8-12)21-18(23)11-24-10-15-9-16(25-22-15)13-2-4-14(19)5-3-13/h2-9H,10-11H2,1H3,(H,20,21,23). The van der Waals surface area contributed by atoms with Crippen molar-refractivity contribution in [1.29, 1.82) is 0 Å². The van der Waals surface area contributed by atoms with Crippen LogP contribution in [0.1, 0.15) is 11.3 Å². The monoisotopic (exact) mass is 341 g/mol. The smallest absolute Gasteiger partial charge is 0.251 e. The van der Waals surface area contributed by atoms with E-state index in [1.165, 1.54) is 12.1 Å². The molecular formula is C18H16FN3O3. The Balaban J connectivity index is 1.49. The van der Waals surface area contributed by atoms with Gasteiger partial charge in [0, 0.05) is 17.8 Å². The van der Waals surface area contributed by atoms with Crippen LogP contribution in [0.4, 0.5) is 10.2 Å². The van der Waals surface area contributed by atoms with E-state index >= 15 is 0 Å². The second-order valence-corrected chi connectivity index (χ2v) is 5.45. The van der Waals surface area contributed by atoms with E-state index in [2.05, 4.69) is 15.5 Å². The highest BCUT2D eigenvalue weighted by Crippen LogP contribution is 2.20. The van der Waals surface area contributed by atoms with E-state index in [1.807, 2.05) is 13.0 Å². The summed E-state index contributed by atoms with van der Waals surface area (Å²) in [7, 11) is 0. The molecule has 0 fully saturated rings. The van der Waals surface area contributed by atoms with Crippen molar-refractivity contribution in [3.05, 3.63) is 65.7 Å². The van der Waals surface area contributed by atoms with Crippen molar-refractivity contribution in [3.8, 4) is 11.3 Å². The highest BCUT2D eigenvalue weighted by molar-refractivity contribution is 5.90. The summed E-state index contributed by atoms with van der Waals surface area (Å²) in [6.45, 7) is 1.91. The number of nitrogens with one attached hydrogen (secondary N) is 1. The van der Waals surface area contributed by atoms with Crippen LogP contribution in [-0.4, -0.2) is 22.7 Å². The molecule has 7 heteroatoms. The van der Waals surface area contributed by atoms with Crippen LogP contribution in [0.5, 0.6) is 0 Å². The Kier molecular flexibility index (Phi) is 5.15. The Morgan fingerprint density at radius 3 is 2.80 bits per heavy atom. The summed E-state index contributed by atoms with van der Waals surface area (Å²) in [5.41, 5.74) is 2.26. The number of pyridine rings is 1. The molecule has 1 aromatic carbocycles. The number of rotatable bonds is 6. The van der Waals surface area contributed by atoms with Crippen LogP contribution in [0.25, 0.3) is 11.3 Å². The Morgan fingerprint density at radius 2 is 2.04 bits per heavy atom. The lowest BCUT2D eigenvalue weighted by atomic mass is 10.1. The van der Waals surface area contributed by atoms with Crippen LogP contribution >= 0.6 is 0 Å². The van der Waals surface area contributed by atoms with Gasteiger partial charge in [0.15, 0.2) is 5.76 Å². The van der Waals surface area contributed by atoms with Gasteiger partial charge in [0.1, 0.15) is 23.9 Å². The van der Waals surface area contributed by atoms with E-state index in [0.717, 1.165) is 5.56 Å². The van der Waals surface area contributed by atoms with Gasteiger partial charge in [0.25, 0.3) is 5.91 Å². The van der Waals surface area contributed by atoms with Crippen LogP contribution in [0.2, 0.25) is 0 Å². The highest BCUT2D eigenvalue weighted by atomic mass is 19.1. The molecule has 128 valence electrons. The number of aryl methyl sites for hydroxylation is 1. The predicted molar refractivity (Wildman–Crippen MR) is 89.2 cm³/mol. The highest BCUT2D eigenvalue weighted by Gasteiger charge is 2.09. The first-order chi connectivity index (χ1) is 12.1. The quantitative estimate of drug-likeness (QED) is 0.744. The molecule has 25 heavy (non-hydrogen) atoms. The lowest BCUT2D eigenvalue weighted by Gasteiger charge is -2.05. The fourth-order valence-corrected chi connectivity index (χ4v) is 2.16. The third-order valence-corrected chi connectivity index (χ3v) is 3.35. The fraction of sp³-hybridized carbons (Fsp3) is 0.167. The molecule has 0 aliphatic rings. The fourth-order valence-electron chi connectivity index (χ4n) is 2.16. The average molecular weight is 341 g/mol. The Hall–Kier alpha value is -3.06. The topological polar surface area (TPSA) is 77.2 Å². The van der Waals surface area contributed by atoms with Crippen molar-refractivity contribution >= 4 is 11.7 Å². The van der Waals surface area contributed by atoms with Crippen molar-refractivity contribution in [2.45, 2.75) is 13.5 Å². The van der Waals surface area contributed by atoms with Gasteiger partial charge in [-0.05, 0) is 48.9 Å². The molecular weight excluding hydrogens is 325 g/mol. The van der Waals surface area contributed by atoms with Crippen LogP contribution in [0.3, 0.4) is 0 Å². The van der Waals surface area contributed by atoms with Gasteiger partial charge in [-0.15, -0.1) is 0 Å². The van der Waals surface area contributed by atoms with E-state index in [4.69, 9.17) is 9.26 Å². The second kappa shape index (κ2) is 7.67. The van der Waals surface area contributed by atoms with E-state index in [1.54, 1.807) is 30.5 Å². The molecule has 1 N–H and O–H groups in total. The number of nitrogens with zero attached hydrogens (tertiary/aromatic N) is 2. The van der Waals surface area contributed by atoms with Crippen LogP contribution < -0.4 is 5.32 Å². The molecule has 0 aliphatic carbocycles. The Bertz CT molecular complexity index is 862. The summed E-state index contributed by atoms with van der Waals surface area (Å²) in [5.74, 6) is 0.363. The Morgan fingerprint density at radius 1 is 1.24 bits per heavy atom. The van der Waals surface area contributed by atoms with Gasteiger partial charge in [0.05, 0.1) is 6.61 Å². The maximum Gasteiger partial charge on any atom is 0.251 e. The number of halogens is 1. The van der Waals surface area contributed by atoms with E-state index in [-0.39, 0.29) is 24.9 Å².